The minimum atomic E-state index is -1.04. The first-order valence-electron chi connectivity index (χ1n) is 6.91. The van der Waals surface area contributed by atoms with Gasteiger partial charge in [0.05, 0.1) is 6.54 Å². The van der Waals surface area contributed by atoms with Crippen molar-refractivity contribution in [2.75, 3.05) is 6.54 Å². The first kappa shape index (κ1) is 15.0. The van der Waals surface area contributed by atoms with E-state index in [9.17, 15) is 14.4 Å². The van der Waals surface area contributed by atoms with Gasteiger partial charge in [-0.3, -0.25) is 9.59 Å². The first-order chi connectivity index (χ1) is 10.1. The number of nitrogens with one attached hydrogen (secondary N) is 2. The fourth-order valence-electron chi connectivity index (χ4n) is 2.01. The van der Waals surface area contributed by atoms with E-state index in [1.54, 1.807) is 30.3 Å². The Bertz CT molecular complexity index is 526. The number of carbonyl (C=O) groups is 3. The van der Waals surface area contributed by atoms with Gasteiger partial charge in [0, 0.05) is 5.56 Å². The van der Waals surface area contributed by atoms with Gasteiger partial charge in [-0.05, 0) is 24.5 Å². The lowest BCUT2D eigenvalue weighted by molar-refractivity contribution is -0.142. The lowest BCUT2D eigenvalue weighted by Gasteiger charge is -2.14. The van der Waals surface area contributed by atoms with E-state index in [4.69, 9.17) is 5.11 Å². The van der Waals surface area contributed by atoms with Crippen LogP contribution in [-0.4, -0.2) is 35.5 Å². The highest BCUT2D eigenvalue weighted by Crippen LogP contribution is 2.33. The molecule has 112 valence electrons. The first-order valence-corrected chi connectivity index (χ1v) is 6.91. The summed E-state index contributed by atoms with van der Waals surface area (Å²) in [7, 11) is 0. The third-order valence-electron chi connectivity index (χ3n) is 3.34. The molecule has 0 spiro atoms. The molecule has 1 fully saturated rings. The molecule has 1 atom stereocenters. The fourth-order valence-corrected chi connectivity index (χ4v) is 2.01. The maximum atomic E-state index is 11.7. The molecule has 6 heteroatoms. The Morgan fingerprint density at radius 1 is 1.19 bits per heavy atom. The highest BCUT2D eigenvalue weighted by atomic mass is 16.4. The van der Waals surface area contributed by atoms with Crippen LogP contribution in [0.4, 0.5) is 0 Å². The van der Waals surface area contributed by atoms with Gasteiger partial charge in [0.25, 0.3) is 5.91 Å². The standard InChI is InChI=1S/C15H18N2O4/c18-13(17-12(15(20)21)8-10-6-7-10)9-16-14(19)11-4-2-1-3-5-11/h1-5,10,12H,6-9H2,(H,16,19)(H,17,18)(H,20,21)/t12-/m0/s1. The second-order valence-electron chi connectivity index (χ2n) is 5.19. The molecular formula is C15H18N2O4. The minimum absolute atomic E-state index is 0.234. The van der Waals surface area contributed by atoms with Gasteiger partial charge >= 0.3 is 5.97 Å². The predicted octanol–water partition coefficient (Wildman–Crippen LogP) is 0.786. The van der Waals surface area contributed by atoms with E-state index in [0.717, 1.165) is 12.8 Å². The summed E-state index contributed by atoms with van der Waals surface area (Å²) in [6.45, 7) is -0.234. The van der Waals surface area contributed by atoms with Crippen molar-refractivity contribution in [1.29, 1.82) is 0 Å². The van der Waals surface area contributed by atoms with Crippen LogP contribution in [-0.2, 0) is 9.59 Å². The molecule has 0 bridgehead atoms. The topological polar surface area (TPSA) is 95.5 Å². The fraction of sp³-hybridized carbons (Fsp3) is 0.400. The van der Waals surface area contributed by atoms with E-state index in [-0.39, 0.29) is 12.5 Å². The summed E-state index contributed by atoms with van der Waals surface area (Å²) < 4.78 is 0. The number of carbonyl (C=O) groups excluding carboxylic acids is 2. The number of aliphatic carboxylic acids is 1. The Morgan fingerprint density at radius 3 is 2.43 bits per heavy atom. The highest BCUT2D eigenvalue weighted by Gasteiger charge is 2.30. The van der Waals surface area contributed by atoms with Crippen molar-refractivity contribution < 1.29 is 19.5 Å². The van der Waals surface area contributed by atoms with Gasteiger partial charge in [-0.25, -0.2) is 4.79 Å². The Hall–Kier alpha value is -2.37. The molecule has 0 aliphatic heterocycles. The summed E-state index contributed by atoms with van der Waals surface area (Å²) in [5.74, 6) is -1.50. The zero-order valence-corrected chi connectivity index (χ0v) is 11.5. The normalized spacial score (nSPS) is 15.0. The van der Waals surface area contributed by atoms with Crippen LogP contribution < -0.4 is 10.6 Å². The zero-order chi connectivity index (χ0) is 15.2. The van der Waals surface area contributed by atoms with Crippen molar-refractivity contribution in [2.45, 2.75) is 25.3 Å². The van der Waals surface area contributed by atoms with Crippen molar-refractivity contribution in [2.24, 2.45) is 5.92 Å². The summed E-state index contributed by atoms with van der Waals surface area (Å²) in [5.41, 5.74) is 0.457. The number of rotatable bonds is 7. The second-order valence-corrected chi connectivity index (χ2v) is 5.19. The molecule has 1 saturated carbocycles. The molecule has 1 aromatic carbocycles. The van der Waals surface area contributed by atoms with Crippen molar-refractivity contribution in [3.05, 3.63) is 35.9 Å². The molecule has 21 heavy (non-hydrogen) atoms. The van der Waals surface area contributed by atoms with Gasteiger partial charge in [-0.15, -0.1) is 0 Å². The SMILES string of the molecule is O=C(CNC(=O)c1ccccc1)N[C@@H](CC1CC1)C(=O)O. The molecule has 2 rings (SSSR count). The van der Waals surface area contributed by atoms with Gasteiger partial charge in [-0.2, -0.15) is 0 Å². The van der Waals surface area contributed by atoms with Crippen molar-refractivity contribution in [3.63, 3.8) is 0 Å². The van der Waals surface area contributed by atoms with Crippen LogP contribution in [0.15, 0.2) is 30.3 Å². The smallest absolute Gasteiger partial charge is 0.326 e. The second kappa shape index (κ2) is 6.88. The summed E-state index contributed by atoms with van der Waals surface area (Å²) in [4.78, 5) is 34.5. The average Bonchev–Trinajstić information content (AvgIpc) is 3.29. The van der Waals surface area contributed by atoms with E-state index in [2.05, 4.69) is 10.6 Å². The molecule has 1 aliphatic carbocycles. The Labute approximate surface area is 122 Å². The molecule has 0 radical (unpaired) electrons. The molecule has 3 N–H and O–H groups in total. The quantitative estimate of drug-likeness (QED) is 0.691. The molecule has 1 aromatic rings. The van der Waals surface area contributed by atoms with Gasteiger partial charge in [0.2, 0.25) is 5.91 Å². The molecular weight excluding hydrogens is 272 g/mol. The number of amides is 2. The molecule has 0 unspecified atom stereocenters. The van der Waals surface area contributed by atoms with Crippen molar-refractivity contribution in [1.82, 2.24) is 10.6 Å². The maximum absolute atomic E-state index is 11.7. The molecule has 2 amide bonds. The van der Waals surface area contributed by atoms with E-state index in [1.165, 1.54) is 0 Å². The van der Waals surface area contributed by atoms with Crippen LogP contribution in [0.25, 0.3) is 0 Å². The Balaban J connectivity index is 1.78. The molecule has 1 aliphatic rings. The van der Waals surface area contributed by atoms with E-state index < -0.39 is 17.9 Å². The van der Waals surface area contributed by atoms with Crippen molar-refractivity contribution in [3.8, 4) is 0 Å². The number of carboxylic acid groups (broad SMARTS) is 1. The highest BCUT2D eigenvalue weighted by molar-refractivity contribution is 5.96. The van der Waals surface area contributed by atoms with Crippen LogP contribution in [0.1, 0.15) is 29.6 Å². The lowest BCUT2D eigenvalue weighted by Crippen LogP contribution is -2.45. The molecule has 0 aromatic heterocycles. The predicted molar refractivity (Wildman–Crippen MR) is 75.7 cm³/mol. The lowest BCUT2D eigenvalue weighted by atomic mass is 10.1. The van der Waals surface area contributed by atoms with E-state index >= 15 is 0 Å². The van der Waals surface area contributed by atoms with Gasteiger partial charge in [0.1, 0.15) is 6.04 Å². The van der Waals surface area contributed by atoms with Crippen LogP contribution in [0.2, 0.25) is 0 Å². The van der Waals surface area contributed by atoms with E-state index in [1.807, 2.05) is 0 Å². The molecule has 0 heterocycles. The van der Waals surface area contributed by atoms with Crippen molar-refractivity contribution >= 4 is 17.8 Å². The zero-order valence-electron chi connectivity index (χ0n) is 11.5. The molecule has 0 saturated heterocycles. The summed E-state index contributed by atoms with van der Waals surface area (Å²) >= 11 is 0. The monoisotopic (exact) mass is 290 g/mol. The number of carboxylic acids is 1. The average molecular weight is 290 g/mol. The number of hydrogen-bond acceptors (Lipinski definition) is 3. The third-order valence-corrected chi connectivity index (χ3v) is 3.34. The number of benzene rings is 1. The van der Waals surface area contributed by atoms with E-state index in [0.29, 0.717) is 17.9 Å². The third kappa shape index (κ3) is 4.91. The van der Waals surface area contributed by atoms with Gasteiger partial charge < -0.3 is 15.7 Å². The summed E-state index contributed by atoms with van der Waals surface area (Å²) in [6, 6.07) is 7.65. The van der Waals surface area contributed by atoms with Gasteiger partial charge in [0.15, 0.2) is 0 Å². The summed E-state index contributed by atoms with van der Waals surface area (Å²) in [5, 5.41) is 14.0. The van der Waals surface area contributed by atoms with Crippen LogP contribution in [0.3, 0.4) is 0 Å². The van der Waals surface area contributed by atoms with Crippen LogP contribution in [0.5, 0.6) is 0 Å². The van der Waals surface area contributed by atoms with Crippen LogP contribution >= 0.6 is 0 Å². The maximum Gasteiger partial charge on any atom is 0.326 e. The Morgan fingerprint density at radius 2 is 1.86 bits per heavy atom. The Kier molecular flexibility index (Phi) is 4.92. The van der Waals surface area contributed by atoms with Gasteiger partial charge in [-0.1, -0.05) is 31.0 Å². The summed E-state index contributed by atoms with van der Waals surface area (Å²) in [6.07, 6.45) is 2.49. The molecule has 6 nitrogen and oxygen atoms in total. The largest absolute Gasteiger partial charge is 0.480 e. The minimum Gasteiger partial charge on any atom is -0.480 e. The van der Waals surface area contributed by atoms with Crippen LogP contribution in [0, 0.1) is 5.92 Å². The number of hydrogen-bond donors (Lipinski definition) is 3.